The minimum atomic E-state index is -0.798. The maximum atomic E-state index is 12.8. The highest BCUT2D eigenvalue weighted by molar-refractivity contribution is 5.71. The van der Waals surface area contributed by atoms with Crippen LogP contribution in [-0.2, 0) is 28.6 Å². The van der Waals surface area contributed by atoms with Crippen molar-refractivity contribution in [2.24, 2.45) is 0 Å². The number of esters is 3. The Morgan fingerprint density at radius 3 is 0.859 bits per heavy atom. The molecule has 1 unspecified atom stereocenters. The fraction of sp³-hybridized carbons (Fsp3) is 0.677. The summed E-state index contributed by atoms with van der Waals surface area (Å²) in [6.45, 7) is 6.47. The molecule has 0 amide bonds. The van der Waals surface area contributed by atoms with Gasteiger partial charge in [0.2, 0.25) is 0 Å². The van der Waals surface area contributed by atoms with Gasteiger partial charge in [-0.1, -0.05) is 271 Å². The summed E-state index contributed by atoms with van der Waals surface area (Å²) in [5.74, 6) is -0.954. The Labute approximate surface area is 438 Å². The number of carbonyl (C=O) groups is 3. The van der Waals surface area contributed by atoms with E-state index in [0.717, 1.165) is 103 Å². The van der Waals surface area contributed by atoms with Gasteiger partial charge < -0.3 is 14.2 Å². The number of hydrogen-bond donors (Lipinski definition) is 0. The summed E-state index contributed by atoms with van der Waals surface area (Å²) in [6.07, 6.45) is 79.5. The highest BCUT2D eigenvalue weighted by atomic mass is 16.6. The van der Waals surface area contributed by atoms with Crippen LogP contribution < -0.4 is 0 Å². The number of allylic oxidation sites excluding steroid dienone is 18. The fourth-order valence-corrected chi connectivity index (χ4v) is 7.91. The Kier molecular flexibility index (Phi) is 55.4. The summed E-state index contributed by atoms with van der Waals surface area (Å²) < 4.78 is 16.8. The van der Waals surface area contributed by atoms with Crippen molar-refractivity contribution in [3.8, 4) is 0 Å². The third kappa shape index (κ3) is 56.9. The molecule has 0 N–H and O–H groups in total. The van der Waals surface area contributed by atoms with Crippen LogP contribution in [0.1, 0.15) is 265 Å². The summed E-state index contributed by atoms with van der Waals surface area (Å²) in [7, 11) is 0. The monoisotopic (exact) mass is 985 g/mol. The highest BCUT2D eigenvalue weighted by Crippen LogP contribution is 2.15. The van der Waals surface area contributed by atoms with Gasteiger partial charge in [-0.3, -0.25) is 14.4 Å². The second kappa shape index (κ2) is 58.6. The molecule has 6 nitrogen and oxygen atoms in total. The van der Waals surface area contributed by atoms with Crippen molar-refractivity contribution in [3.05, 3.63) is 109 Å². The summed E-state index contributed by atoms with van der Waals surface area (Å²) >= 11 is 0. The number of ether oxygens (including phenoxy) is 3. The zero-order chi connectivity index (χ0) is 51.4. The second-order valence-electron chi connectivity index (χ2n) is 19.2. The van der Waals surface area contributed by atoms with Crippen LogP contribution in [0, 0.1) is 0 Å². The lowest BCUT2D eigenvalue weighted by Crippen LogP contribution is -2.30. The molecule has 0 heterocycles. The molecule has 0 aromatic rings. The van der Waals surface area contributed by atoms with Crippen molar-refractivity contribution in [2.45, 2.75) is 271 Å². The van der Waals surface area contributed by atoms with Crippen LogP contribution in [0.3, 0.4) is 0 Å². The molecule has 404 valence electrons. The molecular formula is C65H108O6. The molecule has 0 rings (SSSR count). The molecule has 0 spiro atoms. The molecule has 0 saturated heterocycles. The Morgan fingerprint density at radius 1 is 0.296 bits per heavy atom. The van der Waals surface area contributed by atoms with Gasteiger partial charge in [0.05, 0.1) is 0 Å². The predicted octanol–water partition coefficient (Wildman–Crippen LogP) is 19.9. The second-order valence-corrected chi connectivity index (χ2v) is 19.2. The Balaban J connectivity index is 4.36. The third-order valence-corrected chi connectivity index (χ3v) is 12.3. The SMILES string of the molecule is CC/C=C\C/C=C\C/C=C\C/C=C\C/C=C\C/C=C\C/C=C\C/C=C\C/C=C\CCCC(=O)OCC(COC(=O)CCCCCCCCCCCC)OC(=O)CCCCCCCCCCCCCCCC. The molecule has 0 bridgehead atoms. The smallest absolute Gasteiger partial charge is 0.306 e. The van der Waals surface area contributed by atoms with Crippen molar-refractivity contribution < 1.29 is 28.6 Å². The first-order valence-corrected chi connectivity index (χ1v) is 29.4. The molecule has 1 atom stereocenters. The van der Waals surface area contributed by atoms with E-state index in [4.69, 9.17) is 14.2 Å². The lowest BCUT2D eigenvalue weighted by molar-refractivity contribution is -0.167. The molecule has 6 heteroatoms. The van der Waals surface area contributed by atoms with Crippen molar-refractivity contribution in [1.29, 1.82) is 0 Å². The van der Waals surface area contributed by atoms with Crippen LogP contribution in [0.5, 0.6) is 0 Å². The van der Waals surface area contributed by atoms with Crippen LogP contribution in [0.25, 0.3) is 0 Å². The van der Waals surface area contributed by atoms with Gasteiger partial charge in [-0.05, 0) is 83.5 Å². The zero-order valence-electron chi connectivity index (χ0n) is 46.2. The fourth-order valence-electron chi connectivity index (χ4n) is 7.91. The van der Waals surface area contributed by atoms with E-state index in [1.807, 2.05) is 0 Å². The predicted molar refractivity (Wildman–Crippen MR) is 307 cm³/mol. The highest BCUT2D eigenvalue weighted by Gasteiger charge is 2.19. The average Bonchev–Trinajstić information content (AvgIpc) is 3.37. The summed E-state index contributed by atoms with van der Waals surface area (Å²) in [5.41, 5.74) is 0. The van der Waals surface area contributed by atoms with Crippen LogP contribution in [0.2, 0.25) is 0 Å². The third-order valence-electron chi connectivity index (χ3n) is 12.3. The maximum absolute atomic E-state index is 12.8. The molecule has 0 radical (unpaired) electrons. The van der Waals surface area contributed by atoms with Gasteiger partial charge in [-0.25, -0.2) is 0 Å². The molecule has 0 aromatic carbocycles. The summed E-state index contributed by atoms with van der Waals surface area (Å²) in [6, 6.07) is 0. The number of unbranched alkanes of at least 4 members (excludes halogenated alkanes) is 23. The number of rotatable bonds is 52. The van der Waals surface area contributed by atoms with E-state index < -0.39 is 6.10 Å². The quantitative estimate of drug-likeness (QED) is 0.0261. The van der Waals surface area contributed by atoms with E-state index >= 15 is 0 Å². The minimum Gasteiger partial charge on any atom is -0.462 e. The van der Waals surface area contributed by atoms with Crippen LogP contribution in [-0.4, -0.2) is 37.2 Å². The topological polar surface area (TPSA) is 78.9 Å². The van der Waals surface area contributed by atoms with Crippen molar-refractivity contribution in [3.63, 3.8) is 0 Å². The molecule has 0 fully saturated rings. The standard InChI is InChI=1S/C65H108O6/c1-4-7-10-13-16-19-22-24-26-27-28-29-30-31-32-33-34-35-36-37-38-39-40-42-43-46-49-52-55-58-64(67)70-61-62(60-69-63(66)57-54-51-48-45-21-18-15-12-9-6-3)71-65(68)59-56-53-50-47-44-41-25-23-20-17-14-11-8-5-2/h7,10,16,19,24,26,28-29,31-32,34-35,37-38,40,42,46,49,62H,4-6,8-9,11-15,17-18,20-23,25,27,30,33,36,39,41,43-45,47-48,50-61H2,1-3H3/b10-7-,19-16-,26-24-,29-28-,32-31-,35-34-,38-37-,42-40-,49-46-. The lowest BCUT2D eigenvalue weighted by atomic mass is 10.0. The van der Waals surface area contributed by atoms with Gasteiger partial charge in [-0.2, -0.15) is 0 Å². The van der Waals surface area contributed by atoms with E-state index in [9.17, 15) is 14.4 Å². The first-order valence-electron chi connectivity index (χ1n) is 29.4. The van der Waals surface area contributed by atoms with E-state index in [-0.39, 0.29) is 37.5 Å². The first-order chi connectivity index (χ1) is 35.0. The molecule has 0 aromatic heterocycles. The van der Waals surface area contributed by atoms with Crippen LogP contribution >= 0.6 is 0 Å². The van der Waals surface area contributed by atoms with Crippen molar-refractivity contribution >= 4 is 17.9 Å². The van der Waals surface area contributed by atoms with Crippen molar-refractivity contribution in [1.82, 2.24) is 0 Å². The Hall–Kier alpha value is -3.93. The molecule has 0 saturated carbocycles. The van der Waals surface area contributed by atoms with Crippen LogP contribution in [0.15, 0.2) is 109 Å². The number of hydrogen-bond acceptors (Lipinski definition) is 6. The minimum absolute atomic E-state index is 0.0934. The average molecular weight is 986 g/mol. The molecular weight excluding hydrogens is 877 g/mol. The van der Waals surface area contributed by atoms with Gasteiger partial charge in [0.1, 0.15) is 13.2 Å². The summed E-state index contributed by atoms with van der Waals surface area (Å²) in [4.78, 5) is 38.0. The first kappa shape index (κ1) is 67.1. The summed E-state index contributed by atoms with van der Waals surface area (Å²) in [5, 5.41) is 0. The normalized spacial score (nSPS) is 12.9. The number of carbonyl (C=O) groups excluding carboxylic acids is 3. The van der Waals surface area contributed by atoms with Crippen molar-refractivity contribution in [2.75, 3.05) is 13.2 Å². The van der Waals surface area contributed by atoms with Gasteiger partial charge >= 0.3 is 17.9 Å². The van der Waals surface area contributed by atoms with Gasteiger partial charge in [0.15, 0.2) is 6.10 Å². The van der Waals surface area contributed by atoms with E-state index in [0.29, 0.717) is 19.3 Å². The molecule has 71 heavy (non-hydrogen) atoms. The zero-order valence-corrected chi connectivity index (χ0v) is 46.2. The maximum Gasteiger partial charge on any atom is 0.306 e. The van der Waals surface area contributed by atoms with E-state index in [1.54, 1.807) is 0 Å². The van der Waals surface area contributed by atoms with E-state index in [2.05, 4.69) is 130 Å². The molecule has 0 aliphatic rings. The Morgan fingerprint density at radius 2 is 0.549 bits per heavy atom. The van der Waals surface area contributed by atoms with Gasteiger partial charge in [-0.15, -0.1) is 0 Å². The molecule has 0 aliphatic carbocycles. The van der Waals surface area contributed by atoms with E-state index in [1.165, 1.54) is 116 Å². The van der Waals surface area contributed by atoms with Gasteiger partial charge in [0.25, 0.3) is 0 Å². The Bertz CT molecular complexity index is 1460. The lowest BCUT2D eigenvalue weighted by Gasteiger charge is -2.18. The molecule has 0 aliphatic heterocycles. The van der Waals surface area contributed by atoms with Crippen LogP contribution in [0.4, 0.5) is 0 Å². The largest absolute Gasteiger partial charge is 0.462 e. The van der Waals surface area contributed by atoms with Gasteiger partial charge in [0, 0.05) is 19.3 Å².